The van der Waals surface area contributed by atoms with Crippen LogP contribution in [0.1, 0.15) is 11.1 Å². The molecule has 0 saturated heterocycles. The molecule has 0 aliphatic carbocycles. The van der Waals surface area contributed by atoms with Gasteiger partial charge in [0.25, 0.3) is 0 Å². The summed E-state index contributed by atoms with van der Waals surface area (Å²) in [6.45, 7) is 3.99. The largest absolute Gasteiger partial charge is 0.393 e. The molecule has 0 atom stereocenters. The van der Waals surface area contributed by atoms with Crippen LogP contribution >= 0.6 is 11.6 Å². The van der Waals surface area contributed by atoms with Crippen LogP contribution in [0, 0.1) is 13.8 Å². The lowest BCUT2D eigenvalue weighted by molar-refractivity contribution is 1.17. The molecule has 0 aliphatic heterocycles. The molecule has 6 heteroatoms. The Kier molecular flexibility index (Phi) is 4.53. The molecule has 0 spiro atoms. The molecule has 0 amide bonds. The fraction of sp³-hybridized carbons (Fsp3) is 0.111. The molecular formula is C18H18ClN5. The second-order valence-electron chi connectivity index (χ2n) is 5.56. The molecule has 0 saturated carbocycles. The summed E-state index contributed by atoms with van der Waals surface area (Å²) in [7, 11) is 0. The van der Waals surface area contributed by atoms with E-state index in [1.165, 1.54) is 11.9 Å². The first kappa shape index (κ1) is 16.1. The van der Waals surface area contributed by atoms with Crippen LogP contribution in [0.3, 0.4) is 0 Å². The topological polar surface area (TPSA) is 75.9 Å². The first-order chi connectivity index (χ1) is 11.5. The van der Waals surface area contributed by atoms with E-state index in [1.54, 1.807) is 0 Å². The predicted molar refractivity (Wildman–Crippen MR) is 100 cm³/mol. The fourth-order valence-electron chi connectivity index (χ4n) is 2.18. The van der Waals surface area contributed by atoms with E-state index in [4.69, 9.17) is 17.3 Å². The lowest BCUT2D eigenvalue weighted by Crippen LogP contribution is -2.05. The van der Waals surface area contributed by atoms with Crippen molar-refractivity contribution >= 4 is 40.3 Å². The summed E-state index contributed by atoms with van der Waals surface area (Å²) in [6.07, 6.45) is 1.46. The molecule has 2 aromatic carbocycles. The number of rotatable bonds is 4. The molecule has 0 fully saturated rings. The summed E-state index contributed by atoms with van der Waals surface area (Å²) >= 11 is 6.15. The summed E-state index contributed by atoms with van der Waals surface area (Å²) in [5.74, 6) is 1.08. The van der Waals surface area contributed by atoms with Crippen LogP contribution < -0.4 is 16.4 Å². The van der Waals surface area contributed by atoms with Gasteiger partial charge in [0.05, 0.1) is 0 Å². The zero-order valence-electron chi connectivity index (χ0n) is 13.5. The highest BCUT2D eigenvalue weighted by Crippen LogP contribution is 2.29. The van der Waals surface area contributed by atoms with Gasteiger partial charge in [0.2, 0.25) is 0 Å². The third kappa shape index (κ3) is 3.58. The van der Waals surface area contributed by atoms with Gasteiger partial charge in [0, 0.05) is 16.4 Å². The van der Waals surface area contributed by atoms with E-state index >= 15 is 0 Å². The second-order valence-corrected chi connectivity index (χ2v) is 5.97. The van der Waals surface area contributed by atoms with E-state index in [-0.39, 0.29) is 0 Å². The van der Waals surface area contributed by atoms with Crippen LogP contribution in [-0.4, -0.2) is 9.97 Å². The molecule has 0 bridgehead atoms. The van der Waals surface area contributed by atoms with Gasteiger partial charge in [-0.3, -0.25) is 0 Å². The fourth-order valence-corrected chi connectivity index (χ4v) is 2.36. The van der Waals surface area contributed by atoms with Crippen LogP contribution in [0.5, 0.6) is 0 Å². The van der Waals surface area contributed by atoms with Gasteiger partial charge in [-0.25, -0.2) is 9.97 Å². The van der Waals surface area contributed by atoms with Gasteiger partial charge in [0.1, 0.15) is 12.0 Å². The van der Waals surface area contributed by atoms with Gasteiger partial charge in [-0.15, -0.1) is 0 Å². The smallest absolute Gasteiger partial charge is 0.159 e. The number of hydrogen-bond acceptors (Lipinski definition) is 5. The third-order valence-electron chi connectivity index (χ3n) is 3.63. The van der Waals surface area contributed by atoms with Crippen molar-refractivity contribution in [2.75, 3.05) is 16.4 Å². The Morgan fingerprint density at radius 1 is 0.875 bits per heavy atom. The van der Waals surface area contributed by atoms with E-state index in [0.29, 0.717) is 22.3 Å². The summed E-state index contributed by atoms with van der Waals surface area (Å²) < 4.78 is 0. The van der Waals surface area contributed by atoms with E-state index in [2.05, 4.69) is 20.6 Å². The van der Waals surface area contributed by atoms with Gasteiger partial charge in [-0.1, -0.05) is 35.4 Å². The SMILES string of the molecule is Cc1ccc(Nc2ncnc(Nc3ccc(C)c(Cl)c3)c2N)cc1. The minimum absolute atomic E-state index is 0.440. The van der Waals surface area contributed by atoms with E-state index in [0.717, 1.165) is 16.9 Å². The summed E-state index contributed by atoms with van der Waals surface area (Å²) in [6, 6.07) is 13.7. The Hall–Kier alpha value is -2.79. The van der Waals surface area contributed by atoms with Crippen molar-refractivity contribution < 1.29 is 0 Å². The Balaban J connectivity index is 1.84. The van der Waals surface area contributed by atoms with Crippen molar-refractivity contribution in [3.8, 4) is 0 Å². The average molecular weight is 340 g/mol. The van der Waals surface area contributed by atoms with E-state index < -0.39 is 0 Å². The maximum absolute atomic E-state index is 6.19. The van der Waals surface area contributed by atoms with E-state index in [9.17, 15) is 0 Å². The van der Waals surface area contributed by atoms with Crippen LogP contribution in [0.15, 0.2) is 48.8 Å². The van der Waals surface area contributed by atoms with Crippen molar-refractivity contribution in [3.05, 3.63) is 64.9 Å². The zero-order chi connectivity index (χ0) is 17.1. The molecule has 24 heavy (non-hydrogen) atoms. The van der Waals surface area contributed by atoms with E-state index in [1.807, 2.05) is 56.3 Å². The molecule has 5 nitrogen and oxygen atoms in total. The number of aromatic nitrogens is 2. The maximum Gasteiger partial charge on any atom is 0.159 e. The van der Waals surface area contributed by atoms with Crippen molar-refractivity contribution in [2.45, 2.75) is 13.8 Å². The Morgan fingerprint density at radius 2 is 1.46 bits per heavy atom. The van der Waals surface area contributed by atoms with Gasteiger partial charge < -0.3 is 16.4 Å². The molecule has 3 rings (SSSR count). The lowest BCUT2D eigenvalue weighted by atomic mass is 10.2. The average Bonchev–Trinajstić information content (AvgIpc) is 2.57. The van der Waals surface area contributed by atoms with Gasteiger partial charge in [-0.05, 0) is 43.7 Å². The van der Waals surface area contributed by atoms with Gasteiger partial charge >= 0.3 is 0 Å². The first-order valence-electron chi connectivity index (χ1n) is 7.50. The van der Waals surface area contributed by atoms with Crippen LogP contribution in [0.25, 0.3) is 0 Å². The minimum atomic E-state index is 0.440. The summed E-state index contributed by atoms with van der Waals surface area (Å²) in [4.78, 5) is 8.43. The minimum Gasteiger partial charge on any atom is -0.393 e. The zero-order valence-corrected chi connectivity index (χ0v) is 14.2. The van der Waals surface area contributed by atoms with Gasteiger partial charge in [0.15, 0.2) is 11.6 Å². The number of nitrogens with two attached hydrogens (primary N) is 1. The Bertz CT molecular complexity index is 862. The number of nitrogen functional groups attached to an aromatic ring is 1. The highest BCUT2D eigenvalue weighted by atomic mass is 35.5. The number of aryl methyl sites for hydroxylation is 2. The number of anilines is 5. The number of hydrogen-bond donors (Lipinski definition) is 3. The Morgan fingerprint density at radius 3 is 2.08 bits per heavy atom. The predicted octanol–water partition coefficient (Wildman–Crippen LogP) is 4.82. The third-order valence-corrected chi connectivity index (χ3v) is 4.04. The molecular weight excluding hydrogens is 322 g/mol. The molecule has 3 aromatic rings. The highest BCUT2D eigenvalue weighted by molar-refractivity contribution is 6.31. The summed E-state index contributed by atoms with van der Waals surface area (Å²) in [5, 5.41) is 7.06. The standard InChI is InChI=1S/C18H18ClN5/c1-11-3-6-13(7-4-11)23-17-16(20)18(22-10-21-17)24-14-8-5-12(2)15(19)9-14/h3-10H,20H2,1-2H3,(H2,21,22,23,24). The number of nitrogens with one attached hydrogen (secondary N) is 2. The van der Waals surface area contributed by atoms with Crippen molar-refractivity contribution in [2.24, 2.45) is 0 Å². The molecule has 1 heterocycles. The first-order valence-corrected chi connectivity index (χ1v) is 7.88. The van der Waals surface area contributed by atoms with Crippen molar-refractivity contribution in [1.82, 2.24) is 9.97 Å². The summed E-state index contributed by atoms with van der Waals surface area (Å²) in [5.41, 5.74) is 10.6. The molecule has 0 radical (unpaired) electrons. The van der Waals surface area contributed by atoms with Crippen LogP contribution in [0.2, 0.25) is 5.02 Å². The number of halogens is 1. The molecule has 1 aromatic heterocycles. The monoisotopic (exact) mass is 339 g/mol. The molecule has 4 N–H and O–H groups in total. The van der Waals surface area contributed by atoms with Crippen molar-refractivity contribution in [3.63, 3.8) is 0 Å². The maximum atomic E-state index is 6.19. The van der Waals surface area contributed by atoms with Crippen molar-refractivity contribution in [1.29, 1.82) is 0 Å². The van der Waals surface area contributed by atoms with Crippen LogP contribution in [0.4, 0.5) is 28.7 Å². The number of benzene rings is 2. The van der Waals surface area contributed by atoms with Crippen LogP contribution in [-0.2, 0) is 0 Å². The molecule has 0 unspecified atom stereocenters. The lowest BCUT2D eigenvalue weighted by Gasteiger charge is -2.13. The van der Waals surface area contributed by atoms with Gasteiger partial charge in [-0.2, -0.15) is 0 Å². The second kappa shape index (κ2) is 6.76. The highest BCUT2D eigenvalue weighted by Gasteiger charge is 2.09. The molecule has 0 aliphatic rings. The molecule has 122 valence electrons. The number of nitrogens with zero attached hydrogens (tertiary/aromatic N) is 2. The Labute approximate surface area is 145 Å². The quantitative estimate of drug-likeness (QED) is 0.635. The normalized spacial score (nSPS) is 10.5.